The van der Waals surface area contributed by atoms with Gasteiger partial charge in [-0.15, -0.1) is 0 Å². The van der Waals surface area contributed by atoms with E-state index in [2.05, 4.69) is 9.88 Å². The Bertz CT molecular complexity index is 938. The molecule has 3 fully saturated rings. The van der Waals surface area contributed by atoms with Crippen molar-refractivity contribution in [3.05, 3.63) is 34.0 Å². The molecule has 0 bridgehead atoms. The fourth-order valence-electron chi connectivity index (χ4n) is 4.71. The summed E-state index contributed by atoms with van der Waals surface area (Å²) in [6.07, 6.45) is 5.11. The van der Waals surface area contributed by atoms with E-state index >= 15 is 0 Å². The maximum atomic E-state index is 14.3. The zero-order chi connectivity index (χ0) is 18.5. The zero-order valence-corrected chi connectivity index (χ0v) is 15.2. The molecule has 6 nitrogen and oxygen atoms in total. The molecule has 7 heteroatoms. The molecule has 1 unspecified atom stereocenters. The van der Waals surface area contributed by atoms with E-state index in [0.29, 0.717) is 24.5 Å². The number of nitrogens with one attached hydrogen (secondary N) is 1. The number of imidazole rings is 1. The summed E-state index contributed by atoms with van der Waals surface area (Å²) in [5.41, 5.74) is 1.99. The van der Waals surface area contributed by atoms with Crippen molar-refractivity contribution in [3.63, 3.8) is 0 Å². The number of H-pyrrole nitrogens is 1. The van der Waals surface area contributed by atoms with Crippen LogP contribution in [0.2, 0.25) is 0 Å². The Morgan fingerprint density at radius 2 is 1.81 bits per heavy atom. The summed E-state index contributed by atoms with van der Waals surface area (Å²) in [4.78, 5) is 29.3. The maximum Gasteiger partial charge on any atom is 0.326 e. The third-order valence-corrected chi connectivity index (χ3v) is 6.35. The van der Waals surface area contributed by atoms with E-state index in [1.54, 1.807) is 0 Å². The molecular formula is C20H24FN3O3. The van der Waals surface area contributed by atoms with Gasteiger partial charge < -0.3 is 9.72 Å². The van der Waals surface area contributed by atoms with Crippen molar-refractivity contribution in [3.8, 4) is 0 Å². The normalized spacial score (nSPS) is 25.1. The molecule has 27 heavy (non-hydrogen) atoms. The molecule has 144 valence electrons. The largest absolute Gasteiger partial charge is 0.466 e. The molecule has 2 saturated heterocycles. The van der Waals surface area contributed by atoms with Crippen molar-refractivity contribution in [2.45, 2.75) is 56.5 Å². The van der Waals surface area contributed by atoms with Gasteiger partial charge in [-0.1, -0.05) is 0 Å². The number of cyclic esters (lactones) is 1. The van der Waals surface area contributed by atoms with Crippen LogP contribution < -0.4 is 5.69 Å². The van der Waals surface area contributed by atoms with Crippen molar-refractivity contribution >= 4 is 17.0 Å². The second kappa shape index (κ2) is 6.48. The van der Waals surface area contributed by atoms with Crippen molar-refractivity contribution in [2.75, 3.05) is 19.7 Å². The van der Waals surface area contributed by atoms with Crippen LogP contribution in [0.4, 0.5) is 4.39 Å². The lowest BCUT2D eigenvalue weighted by Crippen LogP contribution is -2.46. The maximum absolute atomic E-state index is 14.3. The quantitative estimate of drug-likeness (QED) is 0.840. The number of ether oxygens (including phenoxy) is 1. The van der Waals surface area contributed by atoms with Gasteiger partial charge in [0.1, 0.15) is 5.82 Å². The Morgan fingerprint density at radius 1 is 1.04 bits per heavy atom. The standard InChI is InChI=1S/C20H24FN3O3/c21-16-11-17-18(10-15(16)12-1-2-12)24(20(26)22-17)13-3-6-23(7-4-13)14-5-8-27-19(25)9-14/h10-14H,1-9H2,(H,22,26). The highest BCUT2D eigenvalue weighted by Gasteiger charge is 2.32. The van der Waals surface area contributed by atoms with Crippen LogP contribution in [0.3, 0.4) is 0 Å². The number of likely N-dealkylation sites (tertiary alicyclic amines) is 1. The topological polar surface area (TPSA) is 67.3 Å². The van der Waals surface area contributed by atoms with Crippen LogP contribution in [-0.4, -0.2) is 46.2 Å². The fraction of sp³-hybridized carbons (Fsp3) is 0.600. The molecule has 2 aliphatic heterocycles. The molecule has 1 aliphatic carbocycles. The van der Waals surface area contributed by atoms with Gasteiger partial charge in [0.2, 0.25) is 0 Å². The Labute approximate surface area is 156 Å². The predicted molar refractivity (Wildman–Crippen MR) is 98.3 cm³/mol. The minimum absolute atomic E-state index is 0.107. The fourth-order valence-corrected chi connectivity index (χ4v) is 4.71. The number of esters is 1. The summed E-state index contributed by atoms with van der Waals surface area (Å²) >= 11 is 0. The molecule has 1 saturated carbocycles. The number of fused-ring (bicyclic) bond motifs is 1. The van der Waals surface area contributed by atoms with Gasteiger partial charge in [-0.3, -0.25) is 14.3 Å². The van der Waals surface area contributed by atoms with Crippen LogP contribution in [0.15, 0.2) is 16.9 Å². The molecule has 2 aromatic rings. The molecule has 0 radical (unpaired) electrons. The molecule has 1 atom stereocenters. The average Bonchev–Trinajstić information content (AvgIpc) is 3.44. The van der Waals surface area contributed by atoms with Gasteiger partial charge in [-0.2, -0.15) is 0 Å². The summed E-state index contributed by atoms with van der Waals surface area (Å²) in [6, 6.07) is 3.71. The predicted octanol–water partition coefficient (Wildman–Crippen LogP) is 2.69. The number of hydrogen-bond donors (Lipinski definition) is 1. The number of rotatable bonds is 3. The molecule has 3 aliphatic rings. The van der Waals surface area contributed by atoms with E-state index in [1.807, 2.05) is 10.6 Å². The minimum atomic E-state index is -0.211. The lowest BCUT2D eigenvalue weighted by molar-refractivity contribution is -0.150. The van der Waals surface area contributed by atoms with Gasteiger partial charge in [0, 0.05) is 25.2 Å². The molecule has 1 aromatic carbocycles. The number of aromatic nitrogens is 2. The van der Waals surface area contributed by atoms with E-state index in [1.165, 1.54) is 6.07 Å². The zero-order valence-electron chi connectivity index (χ0n) is 15.2. The number of nitrogens with zero attached hydrogens (tertiary/aromatic N) is 2. The van der Waals surface area contributed by atoms with Crippen molar-refractivity contribution in [2.24, 2.45) is 0 Å². The van der Waals surface area contributed by atoms with Crippen molar-refractivity contribution in [1.82, 2.24) is 14.5 Å². The Morgan fingerprint density at radius 3 is 2.52 bits per heavy atom. The van der Waals surface area contributed by atoms with Crippen LogP contribution in [0, 0.1) is 5.82 Å². The van der Waals surface area contributed by atoms with Crippen LogP contribution >= 0.6 is 0 Å². The number of hydrogen-bond acceptors (Lipinski definition) is 4. The third kappa shape index (κ3) is 3.08. The van der Waals surface area contributed by atoms with E-state index in [0.717, 1.165) is 56.3 Å². The molecule has 1 aromatic heterocycles. The molecule has 5 rings (SSSR count). The van der Waals surface area contributed by atoms with E-state index in [9.17, 15) is 14.0 Å². The van der Waals surface area contributed by atoms with Gasteiger partial charge >= 0.3 is 11.7 Å². The third-order valence-electron chi connectivity index (χ3n) is 6.35. The number of benzene rings is 1. The first-order valence-electron chi connectivity index (χ1n) is 9.93. The lowest BCUT2D eigenvalue weighted by atomic mass is 9.99. The highest BCUT2D eigenvalue weighted by Crippen LogP contribution is 2.42. The second-order valence-corrected chi connectivity index (χ2v) is 8.10. The SMILES string of the molecule is O=C1CC(N2CCC(n3c(=O)[nH]c4cc(F)c(C5CC5)cc43)CC2)CCO1. The van der Waals surface area contributed by atoms with Crippen LogP contribution in [0.1, 0.15) is 56.0 Å². The summed E-state index contributed by atoms with van der Waals surface area (Å²) < 4.78 is 21.2. The van der Waals surface area contributed by atoms with Crippen molar-refractivity contribution in [1.29, 1.82) is 0 Å². The first-order chi connectivity index (χ1) is 13.1. The lowest BCUT2D eigenvalue weighted by Gasteiger charge is -2.38. The molecule has 0 spiro atoms. The number of halogens is 1. The highest BCUT2D eigenvalue weighted by molar-refractivity contribution is 5.77. The average molecular weight is 373 g/mol. The van der Waals surface area contributed by atoms with Crippen LogP contribution in [0.25, 0.3) is 11.0 Å². The van der Waals surface area contributed by atoms with Gasteiger partial charge in [0.15, 0.2) is 0 Å². The second-order valence-electron chi connectivity index (χ2n) is 8.10. The van der Waals surface area contributed by atoms with E-state index < -0.39 is 0 Å². The number of aromatic amines is 1. The first-order valence-corrected chi connectivity index (χ1v) is 9.93. The van der Waals surface area contributed by atoms with Crippen LogP contribution in [-0.2, 0) is 9.53 Å². The summed E-state index contributed by atoms with van der Waals surface area (Å²) in [6.45, 7) is 2.22. The Hall–Kier alpha value is -2.15. The van der Waals surface area contributed by atoms with E-state index in [4.69, 9.17) is 4.74 Å². The Kier molecular flexibility index (Phi) is 4.07. The van der Waals surface area contributed by atoms with Crippen LogP contribution in [0.5, 0.6) is 0 Å². The number of piperidine rings is 1. The molecule has 3 heterocycles. The smallest absolute Gasteiger partial charge is 0.326 e. The van der Waals surface area contributed by atoms with Gasteiger partial charge in [-0.05, 0) is 55.7 Å². The van der Waals surface area contributed by atoms with E-state index in [-0.39, 0.29) is 29.6 Å². The van der Waals surface area contributed by atoms with Gasteiger partial charge in [0.05, 0.1) is 24.1 Å². The first kappa shape index (κ1) is 17.0. The minimum Gasteiger partial charge on any atom is -0.466 e. The van der Waals surface area contributed by atoms with Gasteiger partial charge in [-0.25, -0.2) is 9.18 Å². The van der Waals surface area contributed by atoms with Gasteiger partial charge in [0.25, 0.3) is 0 Å². The molecule has 0 amide bonds. The molecule has 1 N–H and O–H groups in total. The number of carbonyl (C=O) groups is 1. The molecular weight excluding hydrogens is 349 g/mol. The summed E-state index contributed by atoms with van der Waals surface area (Å²) in [5, 5.41) is 0. The van der Waals surface area contributed by atoms with Crippen molar-refractivity contribution < 1.29 is 13.9 Å². The summed E-state index contributed by atoms with van der Waals surface area (Å²) in [7, 11) is 0. The highest BCUT2D eigenvalue weighted by atomic mass is 19.1. The summed E-state index contributed by atoms with van der Waals surface area (Å²) in [5.74, 6) is -0.0194. The Balaban J connectivity index is 1.38. The number of carbonyl (C=O) groups excluding carboxylic acids is 1. The monoisotopic (exact) mass is 373 g/mol.